The highest BCUT2D eigenvalue weighted by atomic mass is 32.2. The Morgan fingerprint density at radius 3 is 1.85 bits per heavy atom. The minimum absolute atomic E-state index is 0.103. The summed E-state index contributed by atoms with van der Waals surface area (Å²) in [4.78, 5) is 0. The van der Waals surface area contributed by atoms with E-state index >= 15 is 0 Å². The van der Waals surface area contributed by atoms with Gasteiger partial charge in [-0.1, -0.05) is 0 Å². The molecule has 0 bridgehead atoms. The highest BCUT2D eigenvalue weighted by Gasteiger charge is 2.63. The second-order valence-electron chi connectivity index (χ2n) is 5.29. The zero-order valence-electron chi connectivity index (χ0n) is 11.0. The van der Waals surface area contributed by atoms with E-state index in [1.165, 1.54) is 38.5 Å². The summed E-state index contributed by atoms with van der Waals surface area (Å²) < 4.78 is 68.1. The van der Waals surface area contributed by atoms with Gasteiger partial charge in [-0.15, -0.1) is 0 Å². The van der Waals surface area contributed by atoms with E-state index < -0.39 is 15.6 Å². The van der Waals surface area contributed by atoms with Crippen molar-refractivity contribution in [3.05, 3.63) is 0 Å². The molecular weight excluding hydrogens is 301 g/mol. The predicted octanol–water partition coefficient (Wildman–Crippen LogP) is 2.05. The molecule has 0 amide bonds. The van der Waals surface area contributed by atoms with Gasteiger partial charge in [0.25, 0.3) is 5.79 Å². The zero-order chi connectivity index (χ0) is 15.2. The molecule has 9 heteroatoms. The van der Waals surface area contributed by atoms with E-state index in [4.69, 9.17) is 17.7 Å². The van der Waals surface area contributed by atoms with Gasteiger partial charge in [0.15, 0.2) is 22.3 Å². The van der Waals surface area contributed by atoms with Crippen LogP contribution in [-0.2, 0) is 19.2 Å². The number of ether oxygens (including phenoxy) is 1. The summed E-state index contributed by atoms with van der Waals surface area (Å²) in [6.45, 7) is 0. The molecule has 0 aromatic heterocycles. The number of halogens is 3. The first-order valence-electron chi connectivity index (χ1n) is 6.40. The molecule has 3 heterocycles. The molecule has 3 atom stereocenters. The monoisotopic (exact) mass is 318 g/mol. The van der Waals surface area contributed by atoms with Crippen LogP contribution in [0.5, 0.6) is 0 Å². The van der Waals surface area contributed by atoms with E-state index in [-0.39, 0.29) is 5.79 Å². The largest absolute Gasteiger partial charge is 0.741 e. The molecule has 1 unspecified atom stereocenters. The van der Waals surface area contributed by atoms with E-state index in [1.54, 1.807) is 0 Å². The smallest absolute Gasteiger partial charge is 0.485 e. The molecule has 0 saturated carbocycles. The number of hydrogen-bond acceptors (Lipinski definition) is 4. The fourth-order valence-electron chi connectivity index (χ4n) is 3.47. The van der Waals surface area contributed by atoms with Crippen molar-refractivity contribution in [1.29, 1.82) is 0 Å². The lowest BCUT2D eigenvalue weighted by Gasteiger charge is -2.28. The van der Waals surface area contributed by atoms with E-state index in [1.807, 2.05) is 7.11 Å². The lowest BCUT2D eigenvalue weighted by Crippen LogP contribution is -2.36. The van der Waals surface area contributed by atoms with Crippen LogP contribution in [0.15, 0.2) is 0 Å². The Labute approximate surface area is 115 Å². The maximum atomic E-state index is 10.7. The first-order chi connectivity index (χ1) is 9.11. The second kappa shape index (κ2) is 5.11. The molecule has 0 radical (unpaired) electrons. The third kappa shape index (κ3) is 2.68. The van der Waals surface area contributed by atoms with Crippen molar-refractivity contribution in [3.8, 4) is 0 Å². The number of hydrogen-bond donors (Lipinski definition) is 0. The van der Waals surface area contributed by atoms with Crippen LogP contribution >= 0.6 is 0 Å². The molecule has 0 N–H and O–H groups in total. The molecule has 3 rings (SSSR count). The number of alkyl halides is 3. The van der Waals surface area contributed by atoms with E-state index in [0.29, 0.717) is 0 Å². The summed E-state index contributed by atoms with van der Waals surface area (Å²) in [7, 11) is -4.22. The lowest BCUT2D eigenvalue weighted by atomic mass is 10.1. The summed E-state index contributed by atoms with van der Waals surface area (Å²) in [6.07, 6.45) is 9.53. The minimum Gasteiger partial charge on any atom is -0.741 e. The molecule has 3 aliphatic heterocycles. The van der Waals surface area contributed by atoms with Gasteiger partial charge >= 0.3 is 5.51 Å². The Morgan fingerprint density at radius 2 is 1.55 bits per heavy atom. The highest BCUT2D eigenvalue weighted by Crippen LogP contribution is 2.55. The average Bonchev–Trinajstić information content (AvgIpc) is 2.96. The summed E-state index contributed by atoms with van der Waals surface area (Å²) in [5.41, 5.74) is -5.65. The first-order valence-corrected chi connectivity index (χ1v) is 7.81. The van der Waals surface area contributed by atoms with Crippen molar-refractivity contribution in [3.63, 3.8) is 0 Å². The molecule has 20 heavy (non-hydrogen) atoms. The standard InChI is InChI=1S/C10H17O2.CHF3O3S/c1-11-10-6-4-8-2-3-9(5-7-10)12(8)10;2-1(3,4)8(5,6)7/h8-9H,2-7H2,1H3;(H,5,6,7)/q+1;/p-1/t8-,9+,10?;. The van der Waals surface area contributed by atoms with Gasteiger partial charge in [-0.25, -0.2) is 8.42 Å². The SMILES string of the molecule is COC12CC[C@H]3CC[C@@H](CC1)[O+]32.O=S(=O)([O-])C(F)(F)F. The number of methoxy groups -OCH3 is 1. The lowest BCUT2D eigenvalue weighted by molar-refractivity contribution is -0.332. The Bertz CT molecular complexity index is 445. The van der Waals surface area contributed by atoms with Crippen LogP contribution < -0.4 is 0 Å². The summed E-state index contributed by atoms with van der Waals surface area (Å²) in [5, 5.41) is 0. The minimum atomic E-state index is -6.09. The quantitative estimate of drug-likeness (QED) is 0.421. The van der Waals surface area contributed by atoms with Crippen LogP contribution in [0.4, 0.5) is 13.2 Å². The first kappa shape index (κ1) is 16.0. The Balaban J connectivity index is 0.000000163. The van der Waals surface area contributed by atoms with Crippen LogP contribution in [0.25, 0.3) is 0 Å². The molecule has 3 fully saturated rings. The Kier molecular flexibility index (Phi) is 4.09. The molecular formula is C11H17F3O5S. The van der Waals surface area contributed by atoms with Crippen molar-refractivity contribution in [2.45, 2.75) is 62.0 Å². The van der Waals surface area contributed by atoms with Gasteiger partial charge in [-0.05, 0) is 0 Å². The van der Waals surface area contributed by atoms with E-state index in [9.17, 15) is 13.2 Å². The van der Waals surface area contributed by atoms with Gasteiger partial charge in [0, 0.05) is 32.8 Å². The van der Waals surface area contributed by atoms with Crippen molar-refractivity contribution < 1.29 is 35.2 Å². The van der Waals surface area contributed by atoms with Crippen molar-refractivity contribution in [1.82, 2.24) is 0 Å². The van der Waals surface area contributed by atoms with Crippen LogP contribution in [-0.4, -0.2) is 43.6 Å². The molecule has 0 aliphatic carbocycles. The third-order valence-electron chi connectivity index (χ3n) is 4.31. The van der Waals surface area contributed by atoms with Crippen molar-refractivity contribution in [2.24, 2.45) is 0 Å². The zero-order valence-corrected chi connectivity index (χ0v) is 11.8. The third-order valence-corrected chi connectivity index (χ3v) is 4.88. The fourth-order valence-corrected chi connectivity index (χ4v) is 3.47. The molecule has 3 aliphatic rings. The normalized spacial score (nSPS) is 36.6. The molecule has 5 nitrogen and oxygen atoms in total. The van der Waals surface area contributed by atoms with Crippen molar-refractivity contribution >= 4 is 10.1 Å². The predicted molar refractivity (Wildman–Crippen MR) is 61.9 cm³/mol. The van der Waals surface area contributed by atoms with E-state index in [0.717, 1.165) is 12.2 Å². The molecule has 3 saturated heterocycles. The van der Waals surface area contributed by atoms with Crippen LogP contribution in [0.3, 0.4) is 0 Å². The van der Waals surface area contributed by atoms with Crippen LogP contribution in [0.2, 0.25) is 0 Å². The van der Waals surface area contributed by atoms with Crippen LogP contribution in [0.1, 0.15) is 38.5 Å². The maximum absolute atomic E-state index is 10.7. The van der Waals surface area contributed by atoms with Gasteiger partial charge in [-0.3, -0.25) is 0 Å². The van der Waals surface area contributed by atoms with Gasteiger partial charge < -0.3 is 13.7 Å². The van der Waals surface area contributed by atoms with Crippen LogP contribution in [0, 0.1) is 0 Å². The Hall–Kier alpha value is -0.380. The van der Waals surface area contributed by atoms with Gasteiger partial charge in [0.1, 0.15) is 0 Å². The summed E-state index contributed by atoms with van der Waals surface area (Å²) >= 11 is 0. The molecule has 118 valence electrons. The topological polar surface area (TPSA) is 69.1 Å². The van der Waals surface area contributed by atoms with E-state index in [2.05, 4.69) is 4.37 Å². The highest BCUT2D eigenvalue weighted by molar-refractivity contribution is 7.86. The molecule has 0 spiro atoms. The van der Waals surface area contributed by atoms with Gasteiger partial charge in [-0.2, -0.15) is 13.2 Å². The fraction of sp³-hybridized carbons (Fsp3) is 1.00. The second-order valence-corrected chi connectivity index (χ2v) is 6.66. The molecule has 0 aromatic carbocycles. The van der Waals surface area contributed by atoms with Gasteiger partial charge in [0.2, 0.25) is 0 Å². The maximum Gasteiger partial charge on any atom is 0.485 e. The Morgan fingerprint density at radius 1 is 1.15 bits per heavy atom. The summed E-state index contributed by atoms with van der Waals surface area (Å²) in [6, 6.07) is 0. The average molecular weight is 318 g/mol. The van der Waals surface area contributed by atoms with Gasteiger partial charge in [0.05, 0.1) is 12.8 Å². The summed E-state index contributed by atoms with van der Waals surface area (Å²) in [5.74, 6) is 0.103. The number of rotatable bonds is 1. The van der Waals surface area contributed by atoms with Crippen molar-refractivity contribution in [2.75, 3.05) is 7.11 Å². The molecule has 0 aromatic rings.